The van der Waals surface area contributed by atoms with Gasteiger partial charge in [-0.05, 0) is 59.4 Å². The van der Waals surface area contributed by atoms with Crippen LogP contribution in [0.25, 0.3) is 0 Å². The molecule has 2 N–H and O–H groups in total. The van der Waals surface area contributed by atoms with E-state index in [0.717, 1.165) is 11.3 Å². The summed E-state index contributed by atoms with van der Waals surface area (Å²) in [5, 5.41) is 5.96. The smallest absolute Gasteiger partial charge is 0.257 e. The first kappa shape index (κ1) is 22.6. The average molecular weight is 412 g/mol. The molecule has 0 saturated heterocycles. The van der Waals surface area contributed by atoms with Gasteiger partial charge in [0.15, 0.2) is 5.11 Å². The molecule has 2 aromatic rings. The van der Waals surface area contributed by atoms with Crippen LogP contribution in [0.1, 0.15) is 48.7 Å². The Morgan fingerprint density at radius 2 is 1.55 bits per heavy atom. The van der Waals surface area contributed by atoms with Crippen molar-refractivity contribution in [1.82, 2.24) is 10.2 Å². The Morgan fingerprint density at radius 3 is 2.07 bits per heavy atom. The van der Waals surface area contributed by atoms with Crippen molar-refractivity contribution >= 4 is 34.8 Å². The molecule has 0 aromatic heterocycles. The van der Waals surface area contributed by atoms with Crippen molar-refractivity contribution in [2.45, 2.75) is 39.0 Å². The van der Waals surface area contributed by atoms with Gasteiger partial charge in [-0.1, -0.05) is 45.0 Å². The maximum atomic E-state index is 12.4. The highest BCUT2D eigenvalue weighted by Gasteiger charge is 2.14. The van der Waals surface area contributed by atoms with E-state index in [2.05, 4.69) is 31.4 Å². The molecule has 0 radical (unpaired) electrons. The number of hydrogen-bond acceptors (Lipinski definition) is 3. The fourth-order valence-corrected chi connectivity index (χ4v) is 2.90. The summed E-state index contributed by atoms with van der Waals surface area (Å²) in [5.74, 6) is -0.145. The van der Waals surface area contributed by atoms with Crippen LogP contribution in [0.3, 0.4) is 0 Å². The number of amides is 2. The summed E-state index contributed by atoms with van der Waals surface area (Å²) in [6.07, 6.45) is 1.16. The Labute approximate surface area is 178 Å². The molecule has 0 unspecified atom stereocenters. The van der Waals surface area contributed by atoms with Gasteiger partial charge in [0, 0.05) is 31.8 Å². The van der Waals surface area contributed by atoms with E-state index >= 15 is 0 Å². The van der Waals surface area contributed by atoms with Crippen LogP contribution in [0.15, 0.2) is 48.5 Å². The third-order valence-corrected chi connectivity index (χ3v) is 4.78. The first-order chi connectivity index (χ1) is 13.6. The molecule has 0 fully saturated rings. The first-order valence-electron chi connectivity index (χ1n) is 9.58. The van der Waals surface area contributed by atoms with E-state index in [0.29, 0.717) is 18.4 Å². The van der Waals surface area contributed by atoms with Crippen LogP contribution in [0.2, 0.25) is 0 Å². The molecule has 2 amide bonds. The Kier molecular flexibility index (Phi) is 7.51. The molecule has 0 atom stereocenters. The van der Waals surface area contributed by atoms with Crippen LogP contribution in [0.5, 0.6) is 0 Å². The molecule has 2 aromatic carbocycles. The standard InChI is InChI=1S/C23H29N3O2S/c1-23(2,3)18-11-9-17(10-12-18)21(28)25-22(29)24-19-13-6-16(7-14-19)8-15-20(27)26(4)5/h6-7,9-14H,8,15H2,1-5H3,(H2,24,25,28,29). The fraction of sp³-hybridized carbons (Fsp3) is 0.348. The quantitative estimate of drug-likeness (QED) is 0.726. The van der Waals surface area contributed by atoms with Gasteiger partial charge in [-0.25, -0.2) is 0 Å². The second-order valence-electron chi connectivity index (χ2n) is 8.22. The second kappa shape index (κ2) is 9.65. The molecule has 0 saturated carbocycles. The third kappa shape index (κ3) is 6.98. The van der Waals surface area contributed by atoms with Gasteiger partial charge in [-0.2, -0.15) is 0 Å². The van der Waals surface area contributed by atoms with Crippen molar-refractivity contribution in [2.75, 3.05) is 19.4 Å². The number of benzene rings is 2. The van der Waals surface area contributed by atoms with Gasteiger partial charge in [0.2, 0.25) is 5.91 Å². The van der Waals surface area contributed by atoms with E-state index in [1.165, 1.54) is 5.56 Å². The molecule has 0 spiro atoms. The molecule has 29 heavy (non-hydrogen) atoms. The average Bonchev–Trinajstić information content (AvgIpc) is 2.66. The van der Waals surface area contributed by atoms with E-state index in [4.69, 9.17) is 12.2 Å². The Balaban J connectivity index is 1.88. The lowest BCUT2D eigenvalue weighted by molar-refractivity contribution is -0.128. The molecular formula is C23H29N3O2S. The van der Waals surface area contributed by atoms with E-state index in [1.807, 2.05) is 48.5 Å². The van der Waals surface area contributed by atoms with Gasteiger partial charge in [0.25, 0.3) is 5.91 Å². The zero-order chi connectivity index (χ0) is 21.6. The van der Waals surface area contributed by atoms with E-state index in [-0.39, 0.29) is 22.3 Å². The van der Waals surface area contributed by atoms with Crippen LogP contribution in [-0.4, -0.2) is 35.9 Å². The Hall–Kier alpha value is -2.73. The highest BCUT2D eigenvalue weighted by molar-refractivity contribution is 7.80. The van der Waals surface area contributed by atoms with Crippen LogP contribution in [0.4, 0.5) is 5.69 Å². The molecule has 0 aliphatic rings. The molecular weight excluding hydrogens is 382 g/mol. The minimum absolute atomic E-state index is 0.0395. The summed E-state index contributed by atoms with van der Waals surface area (Å²) < 4.78 is 0. The number of thiocarbonyl (C=S) groups is 1. The van der Waals surface area contributed by atoms with Crippen LogP contribution < -0.4 is 10.6 Å². The molecule has 2 rings (SSSR count). The Morgan fingerprint density at radius 1 is 0.966 bits per heavy atom. The third-order valence-electron chi connectivity index (χ3n) is 4.58. The fourth-order valence-electron chi connectivity index (χ4n) is 2.69. The van der Waals surface area contributed by atoms with Crippen molar-refractivity contribution < 1.29 is 9.59 Å². The van der Waals surface area contributed by atoms with Gasteiger partial charge < -0.3 is 10.2 Å². The number of nitrogens with one attached hydrogen (secondary N) is 2. The molecule has 6 heteroatoms. The van der Waals surface area contributed by atoms with Crippen molar-refractivity contribution in [1.29, 1.82) is 0 Å². The van der Waals surface area contributed by atoms with Crippen LogP contribution in [0, 0.1) is 0 Å². The summed E-state index contributed by atoms with van der Waals surface area (Å²) in [7, 11) is 3.51. The minimum Gasteiger partial charge on any atom is -0.349 e. The summed E-state index contributed by atoms with van der Waals surface area (Å²) in [6.45, 7) is 6.39. The molecule has 0 bridgehead atoms. The second-order valence-corrected chi connectivity index (χ2v) is 8.63. The number of aryl methyl sites for hydroxylation is 1. The normalized spacial score (nSPS) is 10.9. The monoisotopic (exact) mass is 411 g/mol. The van der Waals surface area contributed by atoms with Crippen molar-refractivity contribution in [3.8, 4) is 0 Å². The van der Waals surface area contributed by atoms with Crippen molar-refractivity contribution in [2.24, 2.45) is 0 Å². The number of carbonyl (C=O) groups excluding carboxylic acids is 2. The molecule has 0 aliphatic heterocycles. The maximum Gasteiger partial charge on any atom is 0.257 e. The van der Waals surface area contributed by atoms with E-state index in [1.54, 1.807) is 19.0 Å². The number of nitrogens with zero attached hydrogens (tertiary/aromatic N) is 1. The van der Waals surface area contributed by atoms with Crippen molar-refractivity contribution in [3.63, 3.8) is 0 Å². The number of carbonyl (C=O) groups is 2. The predicted molar refractivity (Wildman–Crippen MR) is 122 cm³/mol. The number of hydrogen-bond donors (Lipinski definition) is 2. The topological polar surface area (TPSA) is 61.4 Å². The molecule has 154 valence electrons. The van der Waals surface area contributed by atoms with Crippen LogP contribution in [-0.2, 0) is 16.6 Å². The van der Waals surface area contributed by atoms with Gasteiger partial charge in [-0.15, -0.1) is 0 Å². The minimum atomic E-state index is -0.248. The SMILES string of the molecule is CN(C)C(=O)CCc1ccc(NC(=S)NC(=O)c2ccc(C(C)(C)C)cc2)cc1. The largest absolute Gasteiger partial charge is 0.349 e. The molecule has 0 heterocycles. The van der Waals surface area contributed by atoms with Crippen molar-refractivity contribution in [3.05, 3.63) is 65.2 Å². The Bertz CT molecular complexity index is 866. The van der Waals surface area contributed by atoms with E-state index in [9.17, 15) is 9.59 Å². The summed E-state index contributed by atoms with van der Waals surface area (Å²) >= 11 is 5.25. The predicted octanol–water partition coefficient (Wildman–Crippen LogP) is 4.13. The highest BCUT2D eigenvalue weighted by atomic mass is 32.1. The zero-order valence-electron chi connectivity index (χ0n) is 17.7. The summed E-state index contributed by atoms with van der Waals surface area (Å²) in [6, 6.07) is 15.2. The van der Waals surface area contributed by atoms with Gasteiger partial charge in [0.05, 0.1) is 0 Å². The summed E-state index contributed by atoms with van der Waals surface area (Å²) in [4.78, 5) is 25.7. The lowest BCUT2D eigenvalue weighted by Gasteiger charge is -2.19. The van der Waals surface area contributed by atoms with Crippen LogP contribution >= 0.6 is 12.2 Å². The number of anilines is 1. The molecule has 0 aliphatic carbocycles. The summed E-state index contributed by atoms with van der Waals surface area (Å²) in [5.41, 5.74) is 3.61. The molecule has 5 nitrogen and oxygen atoms in total. The highest BCUT2D eigenvalue weighted by Crippen LogP contribution is 2.22. The van der Waals surface area contributed by atoms with E-state index < -0.39 is 0 Å². The van der Waals surface area contributed by atoms with Gasteiger partial charge in [0.1, 0.15) is 0 Å². The zero-order valence-corrected chi connectivity index (χ0v) is 18.5. The first-order valence-corrected chi connectivity index (χ1v) is 9.99. The number of rotatable bonds is 5. The maximum absolute atomic E-state index is 12.4. The van der Waals surface area contributed by atoms with Gasteiger partial charge in [-0.3, -0.25) is 14.9 Å². The lowest BCUT2D eigenvalue weighted by atomic mass is 9.87. The van der Waals surface area contributed by atoms with Gasteiger partial charge >= 0.3 is 0 Å². The lowest BCUT2D eigenvalue weighted by Crippen LogP contribution is -2.34.